The van der Waals surface area contributed by atoms with Gasteiger partial charge in [0.25, 0.3) is 5.56 Å². The largest absolute Gasteiger partial charge is 0.369 e. The zero-order valence-electron chi connectivity index (χ0n) is 8.49. The Kier molecular flexibility index (Phi) is 1.82. The summed E-state index contributed by atoms with van der Waals surface area (Å²) in [5, 5.41) is 0. The number of nitrogens with one attached hydrogen (secondary N) is 1. The summed E-state index contributed by atoms with van der Waals surface area (Å²) in [5.74, 6) is 0.235. The number of nitrogen functional groups attached to an aromatic ring is 1. The monoisotopic (exact) mass is 206 g/mol. The van der Waals surface area contributed by atoms with Gasteiger partial charge in [-0.2, -0.15) is 0 Å². The Labute approximate surface area is 87.3 Å². The van der Waals surface area contributed by atoms with Crippen molar-refractivity contribution in [3.05, 3.63) is 21.6 Å². The van der Waals surface area contributed by atoms with Crippen molar-refractivity contribution in [2.24, 2.45) is 0 Å². The maximum atomic E-state index is 11.7. The summed E-state index contributed by atoms with van der Waals surface area (Å²) in [6.07, 6.45) is 3.39. The molecule has 1 aromatic rings. The third kappa shape index (κ3) is 1.52. The molecule has 0 unspecified atom stereocenters. The second-order valence-corrected chi connectivity index (χ2v) is 4.33. The van der Waals surface area contributed by atoms with Gasteiger partial charge in [-0.3, -0.25) is 14.7 Å². The highest BCUT2D eigenvalue weighted by molar-refractivity contribution is 5.27. The van der Waals surface area contributed by atoms with Gasteiger partial charge in [-0.25, -0.2) is 4.98 Å². The first-order chi connectivity index (χ1) is 7.24. The van der Waals surface area contributed by atoms with Crippen molar-refractivity contribution in [3.8, 4) is 0 Å². The van der Waals surface area contributed by atoms with Crippen LogP contribution in [-0.4, -0.2) is 27.5 Å². The summed E-state index contributed by atoms with van der Waals surface area (Å²) in [7, 11) is 0. The first-order valence-corrected chi connectivity index (χ1v) is 5.35. The Bertz CT molecular complexity index is 449. The predicted molar refractivity (Wildman–Crippen MR) is 56.4 cm³/mol. The molecule has 0 radical (unpaired) electrons. The van der Waals surface area contributed by atoms with Crippen LogP contribution in [0.4, 0.5) is 5.95 Å². The van der Waals surface area contributed by atoms with Crippen molar-refractivity contribution in [1.82, 2.24) is 14.9 Å². The SMILES string of the molecule is Nc1nc2c(c(=O)[nH]1)CN(C1CC1)CC2. The molecule has 1 aromatic heterocycles. The number of nitrogens with two attached hydrogens (primary N) is 1. The number of fused-ring (bicyclic) bond motifs is 1. The van der Waals surface area contributed by atoms with Crippen LogP contribution in [0.2, 0.25) is 0 Å². The van der Waals surface area contributed by atoms with Gasteiger partial charge in [0.15, 0.2) is 0 Å². The fraction of sp³-hybridized carbons (Fsp3) is 0.600. The van der Waals surface area contributed by atoms with Gasteiger partial charge in [-0.15, -0.1) is 0 Å². The van der Waals surface area contributed by atoms with Crippen LogP contribution >= 0.6 is 0 Å². The molecule has 15 heavy (non-hydrogen) atoms. The lowest BCUT2D eigenvalue weighted by Crippen LogP contribution is -2.37. The molecule has 3 N–H and O–H groups in total. The number of H-pyrrole nitrogens is 1. The average Bonchev–Trinajstić information content (AvgIpc) is 3.00. The highest BCUT2D eigenvalue weighted by atomic mass is 16.1. The van der Waals surface area contributed by atoms with Crippen molar-refractivity contribution in [2.75, 3.05) is 12.3 Å². The van der Waals surface area contributed by atoms with Crippen molar-refractivity contribution < 1.29 is 0 Å². The van der Waals surface area contributed by atoms with Crippen LogP contribution in [0.15, 0.2) is 4.79 Å². The molecule has 80 valence electrons. The summed E-state index contributed by atoms with van der Waals surface area (Å²) >= 11 is 0. The van der Waals surface area contributed by atoms with Gasteiger partial charge in [0.05, 0.1) is 11.3 Å². The van der Waals surface area contributed by atoms with Crippen molar-refractivity contribution in [1.29, 1.82) is 0 Å². The molecule has 0 saturated heterocycles. The van der Waals surface area contributed by atoms with Crippen LogP contribution in [-0.2, 0) is 13.0 Å². The number of rotatable bonds is 1. The van der Waals surface area contributed by atoms with Gasteiger partial charge in [-0.1, -0.05) is 0 Å². The lowest BCUT2D eigenvalue weighted by Gasteiger charge is -2.27. The van der Waals surface area contributed by atoms with Gasteiger partial charge in [-0.05, 0) is 12.8 Å². The van der Waals surface area contributed by atoms with E-state index in [0.29, 0.717) is 6.04 Å². The third-order valence-electron chi connectivity index (χ3n) is 3.18. The molecule has 1 aliphatic heterocycles. The average molecular weight is 206 g/mol. The van der Waals surface area contributed by atoms with E-state index in [1.165, 1.54) is 12.8 Å². The Hall–Kier alpha value is -1.36. The maximum Gasteiger partial charge on any atom is 0.257 e. The third-order valence-corrected chi connectivity index (χ3v) is 3.18. The molecule has 5 heteroatoms. The van der Waals surface area contributed by atoms with E-state index < -0.39 is 0 Å². The van der Waals surface area contributed by atoms with Crippen molar-refractivity contribution >= 4 is 5.95 Å². The van der Waals surface area contributed by atoms with Gasteiger partial charge < -0.3 is 5.73 Å². The number of aromatic amines is 1. The molecule has 1 aliphatic carbocycles. The zero-order chi connectivity index (χ0) is 10.4. The second kappa shape index (κ2) is 3.06. The minimum atomic E-state index is -0.0668. The molecule has 1 fully saturated rings. The second-order valence-electron chi connectivity index (χ2n) is 4.33. The van der Waals surface area contributed by atoms with Crippen LogP contribution in [0.1, 0.15) is 24.1 Å². The quantitative estimate of drug-likeness (QED) is 0.671. The Morgan fingerprint density at radius 3 is 3.00 bits per heavy atom. The number of aromatic nitrogens is 2. The molecule has 0 aromatic carbocycles. The van der Waals surface area contributed by atoms with Gasteiger partial charge in [0.2, 0.25) is 5.95 Å². The molecule has 0 amide bonds. The topological polar surface area (TPSA) is 75.0 Å². The smallest absolute Gasteiger partial charge is 0.257 e. The van der Waals surface area contributed by atoms with Gasteiger partial charge in [0, 0.05) is 25.6 Å². The summed E-state index contributed by atoms with van der Waals surface area (Å²) in [4.78, 5) is 20.8. The van der Waals surface area contributed by atoms with E-state index >= 15 is 0 Å². The Morgan fingerprint density at radius 1 is 1.47 bits per heavy atom. The van der Waals surface area contributed by atoms with Crippen molar-refractivity contribution in [2.45, 2.75) is 31.8 Å². The molecule has 3 rings (SSSR count). The van der Waals surface area contributed by atoms with E-state index in [9.17, 15) is 4.79 Å². The van der Waals surface area contributed by atoms with Crippen LogP contribution in [0, 0.1) is 0 Å². The highest BCUT2D eigenvalue weighted by Gasteiger charge is 2.32. The van der Waals surface area contributed by atoms with Crippen LogP contribution in [0.25, 0.3) is 0 Å². The molecule has 0 atom stereocenters. The zero-order valence-corrected chi connectivity index (χ0v) is 8.49. The molecule has 2 aliphatic rings. The minimum absolute atomic E-state index is 0.0668. The Morgan fingerprint density at radius 2 is 2.27 bits per heavy atom. The molecule has 0 spiro atoms. The minimum Gasteiger partial charge on any atom is -0.369 e. The van der Waals surface area contributed by atoms with E-state index in [4.69, 9.17) is 5.73 Å². The standard InChI is InChI=1S/C10H14N4O/c11-10-12-8-3-4-14(6-1-2-6)5-7(8)9(15)13-10/h6H,1-5H2,(H3,11,12,13,15). The predicted octanol–water partition coefficient (Wildman–Crippen LogP) is -0.127. The molecular formula is C10H14N4O. The first-order valence-electron chi connectivity index (χ1n) is 5.35. The van der Waals surface area contributed by atoms with E-state index in [0.717, 1.165) is 30.8 Å². The van der Waals surface area contributed by atoms with Crippen LogP contribution in [0.3, 0.4) is 0 Å². The number of hydrogen-bond donors (Lipinski definition) is 2. The van der Waals surface area contributed by atoms with Crippen LogP contribution in [0.5, 0.6) is 0 Å². The maximum absolute atomic E-state index is 11.7. The van der Waals surface area contributed by atoms with E-state index in [1.807, 2.05) is 0 Å². The lowest BCUT2D eigenvalue weighted by molar-refractivity contribution is 0.240. The number of anilines is 1. The first kappa shape index (κ1) is 8.91. The normalized spacial score (nSPS) is 21.3. The van der Waals surface area contributed by atoms with E-state index in [1.54, 1.807) is 0 Å². The highest BCUT2D eigenvalue weighted by Crippen LogP contribution is 2.30. The number of hydrogen-bond acceptors (Lipinski definition) is 4. The lowest BCUT2D eigenvalue weighted by atomic mass is 10.1. The molecule has 0 bridgehead atoms. The fourth-order valence-corrected chi connectivity index (χ4v) is 2.22. The summed E-state index contributed by atoms with van der Waals surface area (Å²) in [5.41, 5.74) is 7.13. The van der Waals surface area contributed by atoms with Crippen LogP contribution < -0.4 is 11.3 Å². The molecule has 1 saturated carbocycles. The fourth-order valence-electron chi connectivity index (χ4n) is 2.22. The molecule has 5 nitrogen and oxygen atoms in total. The number of nitrogens with zero attached hydrogens (tertiary/aromatic N) is 2. The van der Waals surface area contributed by atoms with E-state index in [2.05, 4.69) is 14.9 Å². The van der Waals surface area contributed by atoms with E-state index in [-0.39, 0.29) is 11.5 Å². The summed E-state index contributed by atoms with van der Waals surface area (Å²) in [6.45, 7) is 1.75. The summed E-state index contributed by atoms with van der Waals surface area (Å²) in [6, 6.07) is 0.704. The molecular weight excluding hydrogens is 192 g/mol. The summed E-state index contributed by atoms with van der Waals surface area (Å²) < 4.78 is 0. The van der Waals surface area contributed by atoms with Gasteiger partial charge in [0.1, 0.15) is 0 Å². The van der Waals surface area contributed by atoms with Crippen molar-refractivity contribution in [3.63, 3.8) is 0 Å². The molecule has 2 heterocycles. The van der Waals surface area contributed by atoms with Gasteiger partial charge >= 0.3 is 0 Å². The Balaban J connectivity index is 1.97.